The van der Waals surface area contributed by atoms with Crippen LogP contribution in [-0.4, -0.2) is 78.0 Å². The Kier molecular flexibility index (Phi) is 7.10. The first-order valence-corrected chi connectivity index (χ1v) is 10.0. The molecule has 0 aromatic carbocycles. The number of hydrogen-bond donors (Lipinski definition) is 1. The summed E-state index contributed by atoms with van der Waals surface area (Å²) in [7, 11) is 5.80. The lowest BCUT2D eigenvalue weighted by Crippen LogP contribution is -2.49. The average molecular weight is 398 g/mol. The molecule has 0 atom stereocenters. The topological polar surface area (TPSA) is 69.0 Å². The van der Waals surface area contributed by atoms with Gasteiger partial charge in [-0.3, -0.25) is 9.79 Å². The fourth-order valence-electron chi connectivity index (χ4n) is 3.53. The Labute approximate surface area is 172 Å². The molecule has 156 valence electrons. The second-order valence-electron chi connectivity index (χ2n) is 7.25. The number of carbonyl (C=O) groups excluding carboxylic acids is 1. The van der Waals surface area contributed by atoms with Crippen molar-refractivity contribution in [1.82, 2.24) is 24.7 Å². The van der Waals surface area contributed by atoms with Gasteiger partial charge < -0.3 is 24.6 Å². The zero-order valence-corrected chi connectivity index (χ0v) is 17.6. The molecule has 8 heteroatoms. The van der Waals surface area contributed by atoms with Crippen LogP contribution in [0.5, 0.6) is 0 Å². The lowest BCUT2D eigenvalue weighted by Gasteiger charge is -2.35. The predicted octanol–water partition coefficient (Wildman–Crippen LogP) is 1.17. The van der Waals surface area contributed by atoms with Crippen molar-refractivity contribution in [3.8, 4) is 0 Å². The zero-order valence-electron chi connectivity index (χ0n) is 17.6. The fraction of sp³-hybridized carbons (Fsp3) is 0.476. The summed E-state index contributed by atoms with van der Waals surface area (Å²) in [4.78, 5) is 27.5. The summed E-state index contributed by atoms with van der Waals surface area (Å²) in [5.74, 6) is 1.95. The van der Waals surface area contributed by atoms with Crippen molar-refractivity contribution < 1.29 is 4.79 Å². The molecule has 8 nitrogen and oxygen atoms in total. The number of aromatic nitrogens is 2. The molecular weight excluding hydrogens is 366 g/mol. The van der Waals surface area contributed by atoms with E-state index in [0.717, 1.165) is 44.5 Å². The van der Waals surface area contributed by atoms with Gasteiger partial charge in [0.05, 0.1) is 6.54 Å². The summed E-state index contributed by atoms with van der Waals surface area (Å²) in [5, 5.41) is 3.30. The maximum atomic E-state index is 12.6. The summed E-state index contributed by atoms with van der Waals surface area (Å²) in [6.07, 6.45) is 4.30. The van der Waals surface area contributed by atoms with Gasteiger partial charge in [-0.25, -0.2) is 4.98 Å². The number of pyridine rings is 1. The number of hydrogen-bond acceptors (Lipinski definition) is 4. The number of amides is 1. The Balaban J connectivity index is 1.40. The van der Waals surface area contributed by atoms with E-state index in [0.29, 0.717) is 13.0 Å². The second-order valence-corrected chi connectivity index (χ2v) is 7.25. The van der Waals surface area contributed by atoms with Gasteiger partial charge in [0.1, 0.15) is 5.82 Å². The van der Waals surface area contributed by atoms with E-state index < -0.39 is 0 Å². The maximum absolute atomic E-state index is 12.6. The molecular formula is C21H31N7O. The van der Waals surface area contributed by atoms with Gasteiger partial charge in [-0.2, -0.15) is 0 Å². The highest BCUT2D eigenvalue weighted by Gasteiger charge is 2.21. The van der Waals surface area contributed by atoms with Crippen molar-refractivity contribution >= 4 is 17.7 Å². The molecule has 0 spiro atoms. The molecule has 2 aromatic heterocycles. The van der Waals surface area contributed by atoms with Gasteiger partial charge in [-0.15, -0.1) is 0 Å². The minimum absolute atomic E-state index is 0.179. The van der Waals surface area contributed by atoms with Crippen LogP contribution in [-0.2, 0) is 18.4 Å². The summed E-state index contributed by atoms with van der Waals surface area (Å²) in [6, 6.07) is 10.1. The number of guanidine groups is 1. The molecule has 1 aliphatic heterocycles. The van der Waals surface area contributed by atoms with E-state index in [9.17, 15) is 4.79 Å². The van der Waals surface area contributed by atoms with Crippen molar-refractivity contribution in [2.45, 2.75) is 13.0 Å². The molecule has 0 bridgehead atoms. The molecule has 3 rings (SSSR count). The third-order valence-corrected chi connectivity index (χ3v) is 5.25. The van der Waals surface area contributed by atoms with E-state index in [1.165, 1.54) is 5.69 Å². The Morgan fingerprint density at radius 2 is 2.00 bits per heavy atom. The number of piperazine rings is 1. The lowest BCUT2D eigenvalue weighted by molar-refractivity contribution is -0.131. The standard InChI is InChI=1S/C21H31N7O/c1-22-21(26(3)17-18-7-6-12-25(18)2)24-11-9-20(29)28-15-13-27(14-16-28)19-8-4-5-10-23-19/h4-8,10,12H,9,11,13-17H2,1-3H3,(H,22,24). The quantitative estimate of drug-likeness (QED) is 0.585. The highest BCUT2D eigenvalue weighted by Crippen LogP contribution is 2.13. The van der Waals surface area contributed by atoms with Gasteiger partial charge in [0.15, 0.2) is 5.96 Å². The number of rotatable bonds is 6. The van der Waals surface area contributed by atoms with Crippen molar-refractivity contribution in [2.24, 2.45) is 12.0 Å². The summed E-state index contributed by atoms with van der Waals surface area (Å²) in [5.41, 5.74) is 1.21. The zero-order chi connectivity index (χ0) is 20.6. The molecule has 0 aliphatic carbocycles. The van der Waals surface area contributed by atoms with E-state index in [1.54, 1.807) is 13.2 Å². The minimum atomic E-state index is 0.179. The van der Waals surface area contributed by atoms with E-state index in [4.69, 9.17) is 0 Å². The molecule has 0 unspecified atom stereocenters. The highest BCUT2D eigenvalue weighted by atomic mass is 16.2. The largest absolute Gasteiger partial charge is 0.356 e. The predicted molar refractivity (Wildman–Crippen MR) is 116 cm³/mol. The monoisotopic (exact) mass is 397 g/mol. The molecule has 1 amide bonds. The Bertz CT molecular complexity index is 809. The number of aryl methyl sites for hydroxylation is 1. The number of aliphatic imine (C=N–C) groups is 1. The second kappa shape index (κ2) is 9.95. The lowest BCUT2D eigenvalue weighted by atomic mass is 10.2. The van der Waals surface area contributed by atoms with Crippen LogP contribution in [0.3, 0.4) is 0 Å². The molecule has 2 aromatic rings. The van der Waals surface area contributed by atoms with Crippen LogP contribution in [0.15, 0.2) is 47.7 Å². The molecule has 1 aliphatic rings. The van der Waals surface area contributed by atoms with Crippen LogP contribution in [0, 0.1) is 0 Å². The van der Waals surface area contributed by atoms with Gasteiger partial charge in [0.2, 0.25) is 5.91 Å². The van der Waals surface area contributed by atoms with E-state index in [1.807, 2.05) is 49.5 Å². The molecule has 1 N–H and O–H groups in total. The highest BCUT2D eigenvalue weighted by molar-refractivity contribution is 5.81. The van der Waals surface area contributed by atoms with Crippen molar-refractivity contribution in [3.05, 3.63) is 48.4 Å². The van der Waals surface area contributed by atoms with Crippen molar-refractivity contribution in [3.63, 3.8) is 0 Å². The number of nitrogens with zero attached hydrogens (tertiary/aromatic N) is 6. The molecule has 0 radical (unpaired) electrons. The first-order chi connectivity index (χ1) is 14.1. The summed E-state index contributed by atoms with van der Waals surface area (Å²) in [6.45, 7) is 4.43. The van der Waals surface area contributed by atoms with Gasteiger partial charge in [0, 0.05) is 78.4 Å². The fourth-order valence-corrected chi connectivity index (χ4v) is 3.53. The van der Waals surface area contributed by atoms with E-state index in [-0.39, 0.29) is 5.91 Å². The third kappa shape index (κ3) is 5.49. The van der Waals surface area contributed by atoms with E-state index >= 15 is 0 Å². The number of nitrogens with one attached hydrogen (secondary N) is 1. The Morgan fingerprint density at radius 1 is 1.21 bits per heavy atom. The molecule has 29 heavy (non-hydrogen) atoms. The SMILES string of the molecule is CN=C(NCCC(=O)N1CCN(c2ccccn2)CC1)N(C)Cc1cccn1C. The summed E-state index contributed by atoms with van der Waals surface area (Å²) >= 11 is 0. The third-order valence-electron chi connectivity index (χ3n) is 5.25. The van der Waals surface area contributed by atoms with Gasteiger partial charge in [-0.1, -0.05) is 6.07 Å². The first-order valence-electron chi connectivity index (χ1n) is 10.0. The van der Waals surface area contributed by atoms with Crippen LogP contribution in [0.4, 0.5) is 5.82 Å². The van der Waals surface area contributed by atoms with E-state index in [2.05, 4.69) is 35.7 Å². The van der Waals surface area contributed by atoms with Crippen molar-refractivity contribution in [2.75, 3.05) is 51.7 Å². The summed E-state index contributed by atoms with van der Waals surface area (Å²) < 4.78 is 2.10. The molecule has 0 saturated carbocycles. The van der Waals surface area contributed by atoms with Crippen LogP contribution in [0.2, 0.25) is 0 Å². The van der Waals surface area contributed by atoms with Gasteiger partial charge >= 0.3 is 0 Å². The number of anilines is 1. The normalized spacial score (nSPS) is 14.8. The first kappa shape index (κ1) is 20.7. The molecule has 3 heterocycles. The smallest absolute Gasteiger partial charge is 0.224 e. The number of carbonyl (C=O) groups is 1. The Morgan fingerprint density at radius 3 is 2.62 bits per heavy atom. The average Bonchev–Trinajstić information content (AvgIpc) is 3.16. The Hall–Kier alpha value is -3.03. The van der Waals surface area contributed by atoms with Crippen LogP contribution < -0.4 is 10.2 Å². The van der Waals surface area contributed by atoms with Crippen molar-refractivity contribution in [1.29, 1.82) is 0 Å². The van der Waals surface area contributed by atoms with Crippen LogP contribution in [0.1, 0.15) is 12.1 Å². The molecule has 1 saturated heterocycles. The van der Waals surface area contributed by atoms with Crippen LogP contribution in [0.25, 0.3) is 0 Å². The van der Waals surface area contributed by atoms with Gasteiger partial charge in [0.25, 0.3) is 0 Å². The maximum Gasteiger partial charge on any atom is 0.224 e. The minimum Gasteiger partial charge on any atom is -0.356 e. The van der Waals surface area contributed by atoms with Crippen LogP contribution >= 0.6 is 0 Å². The van der Waals surface area contributed by atoms with Gasteiger partial charge in [-0.05, 0) is 24.3 Å². The molecule has 1 fully saturated rings.